The number of amides is 1. The molecular formula is C20H18N2O3. The Bertz CT molecular complexity index is 1050. The molecule has 1 amide bonds. The van der Waals surface area contributed by atoms with Crippen molar-refractivity contribution in [2.45, 2.75) is 19.4 Å². The van der Waals surface area contributed by atoms with E-state index >= 15 is 0 Å². The number of nitrogens with one attached hydrogen (secondary N) is 1. The molecule has 0 fully saturated rings. The van der Waals surface area contributed by atoms with Crippen LogP contribution in [0.1, 0.15) is 28.9 Å². The SMILES string of the molecule is COc1cccc(NC(=O)c2cn3c4c(cccc4c2=O)C[C@H]3C)c1. The van der Waals surface area contributed by atoms with Crippen LogP contribution in [0.3, 0.4) is 0 Å². The summed E-state index contributed by atoms with van der Waals surface area (Å²) in [7, 11) is 1.57. The number of hydrogen-bond donors (Lipinski definition) is 1. The van der Waals surface area contributed by atoms with Gasteiger partial charge < -0.3 is 14.6 Å². The number of ether oxygens (including phenoxy) is 1. The van der Waals surface area contributed by atoms with Gasteiger partial charge in [0.25, 0.3) is 5.91 Å². The molecule has 2 aromatic carbocycles. The van der Waals surface area contributed by atoms with Crippen LogP contribution in [0, 0.1) is 0 Å². The number of hydrogen-bond acceptors (Lipinski definition) is 3. The summed E-state index contributed by atoms with van der Waals surface area (Å²) in [5.41, 5.74) is 2.61. The molecule has 1 atom stereocenters. The zero-order valence-electron chi connectivity index (χ0n) is 14.1. The quantitative estimate of drug-likeness (QED) is 0.799. The Morgan fingerprint density at radius 1 is 1.24 bits per heavy atom. The molecule has 0 unspecified atom stereocenters. The standard InChI is InChI=1S/C20H18N2O3/c1-12-9-13-5-3-8-16-18(13)22(12)11-17(19(16)23)20(24)21-14-6-4-7-15(10-14)25-2/h3-8,10-12H,9H2,1-2H3,(H,21,24)/t12-/m1/s1. The normalized spacial score (nSPS) is 15.4. The topological polar surface area (TPSA) is 60.3 Å². The maximum Gasteiger partial charge on any atom is 0.261 e. The van der Waals surface area contributed by atoms with Crippen molar-refractivity contribution < 1.29 is 9.53 Å². The van der Waals surface area contributed by atoms with Gasteiger partial charge in [-0.1, -0.05) is 18.2 Å². The van der Waals surface area contributed by atoms with Crippen LogP contribution >= 0.6 is 0 Å². The fourth-order valence-electron chi connectivity index (χ4n) is 3.48. The highest BCUT2D eigenvalue weighted by Crippen LogP contribution is 2.31. The maximum absolute atomic E-state index is 12.8. The Labute approximate surface area is 144 Å². The summed E-state index contributed by atoms with van der Waals surface area (Å²) in [6.07, 6.45) is 2.55. The van der Waals surface area contributed by atoms with Gasteiger partial charge in [-0.05, 0) is 37.1 Å². The highest BCUT2D eigenvalue weighted by Gasteiger charge is 2.24. The molecule has 0 bridgehead atoms. The van der Waals surface area contributed by atoms with E-state index in [0.717, 1.165) is 17.5 Å². The summed E-state index contributed by atoms with van der Waals surface area (Å²) in [6.45, 7) is 2.09. The lowest BCUT2D eigenvalue weighted by molar-refractivity contribution is 0.102. The zero-order chi connectivity index (χ0) is 17.6. The molecule has 5 nitrogen and oxygen atoms in total. The summed E-state index contributed by atoms with van der Waals surface area (Å²) >= 11 is 0. The van der Waals surface area contributed by atoms with Crippen molar-refractivity contribution in [2.24, 2.45) is 0 Å². The minimum absolute atomic E-state index is 0.154. The first kappa shape index (κ1) is 15.4. The van der Waals surface area contributed by atoms with Gasteiger partial charge in [0.1, 0.15) is 11.3 Å². The van der Waals surface area contributed by atoms with Crippen molar-refractivity contribution >= 4 is 22.5 Å². The highest BCUT2D eigenvalue weighted by molar-refractivity contribution is 6.06. The van der Waals surface area contributed by atoms with Gasteiger partial charge in [-0.15, -0.1) is 0 Å². The van der Waals surface area contributed by atoms with Crippen LogP contribution < -0.4 is 15.5 Å². The van der Waals surface area contributed by atoms with Crippen LogP contribution in [0.4, 0.5) is 5.69 Å². The molecule has 126 valence electrons. The Balaban J connectivity index is 1.79. The summed E-state index contributed by atoms with van der Waals surface area (Å²) in [6, 6.07) is 13.0. The van der Waals surface area contributed by atoms with Crippen LogP contribution in [-0.2, 0) is 6.42 Å². The summed E-state index contributed by atoms with van der Waals surface area (Å²) < 4.78 is 7.20. The van der Waals surface area contributed by atoms with Gasteiger partial charge >= 0.3 is 0 Å². The minimum atomic E-state index is -0.409. The van der Waals surface area contributed by atoms with Gasteiger partial charge in [0.2, 0.25) is 5.43 Å². The summed E-state index contributed by atoms with van der Waals surface area (Å²) in [4.78, 5) is 25.5. The van der Waals surface area contributed by atoms with Crippen LogP contribution in [0.15, 0.2) is 53.5 Å². The number of para-hydroxylation sites is 1. The predicted octanol–water partition coefficient (Wildman–Crippen LogP) is 3.38. The molecule has 5 heteroatoms. The van der Waals surface area contributed by atoms with Crippen LogP contribution in [0.2, 0.25) is 0 Å². The average molecular weight is 334 g/mol. The number of nitrogens with zero attached hydrogens (tertiary/aromatic N) is 1. The number of anilines is 1. The second kappa shape index (κ2) is 5.77. The first-order chi connectivity index (χ1) is 12.1. The number of carbonyl (C=O) groups is 1. The fourth-order valence-corrected chi connectivity index (χ4v) is 3.48. The predicted molar refractivity (Wildman–Crippen MR) is 97.6 cm³/mol. The van der Waals surface area contributed by atoms with Crippen LogP contribution in [-0.4, -0.2) is 17.6 Å². The Hall–Kier alpha value is -3.08. The molecule has 1 aliphatic rings. The number of rotatable bonds is 3. The van der Waals surface area contributed by atoms with Gasteiger partial charge in [0.05, 0.1) is 12.6 Å². The van der Waals surface area contributed by atoms with Gasteiger partial charge in [0.15, 0.2) is 0 Å². The lowest BCUT2D eigenvalue weighted by atomic mass is 10.1. The first-order valence-electron chi connectivity index (χ1n) is 8.20. The smallest absolute Gasteiger partial charge is 0.261 e. The molecule has 0 saturated heterocycles. The summed E-state index contributed by atoms with van der Waals surface area (Å²) in [5.74, 6) is 0.235. The second-order valence-corrected chi connectivity index (χ2v) is 6.33. The monoisotopic (exact) mass is 334 g/mol. The third kappa shape index (κ3) is 2.48. The lowest BCUT2D eigenvalue weighted by Gasteiger charge is -2.13. The molecular weight excluding hydrogens is 316 g/mol. The molecule has 25 heavy (non-hydrogen) atoms. The van der Waals surface area contributed by atoms with E-state index in [1.165, 1.54) is 0 Å². The Morgan fingerprint density at radius 3 is 2.84 bits per heavy atom. The van der Waals surface area contributed by atoms with E-state index < -0.39 is 5.91 Å². The number of aromatic nitrogens is 1. The lowest BCUT2D eigenvalue weighted by Crippen LogP contribution is -2.23. The molecule has 0 spiro atoms. The van der Waals surface area contributed by atoms with E-state index in [4.69, 9.17) is 4.74 Å². The van der Waals surface area contributed by atoms with Crippen molar-refractivity contribution in [3.63, 3.8) is 0 Å². The molecule has 0 saturated carbocycles. The Kier molecular flexibility index (Phi) is 3.57. The zero-order valence-corrected chi connectivity index (χ0v) is 14.1. The highest BCUT2D eigenvalue weighted by atomic mass is 16.5. The number of pyridine rings is 1. The van der Waals surface area contributed by atoms with Crippen LogP contribution in [0.25, 0.3) is 10.9 Å². The molecule has 0 aliphatic carbocycles. The van der Waals surface area contributed by atoms with Crippen molar-refractivity contribution in [1.82, 2.24) is 4.57 Å². The van der Waals surface area contributed by atoms with E-state index in [9.17, 15) is 9.59 Å². The molecule has 3 aromatic rings. The van der Waals surface area contributed by atoms with Crippen molar-refractivity contribution in [3.8, 4) is 5.75 Å². The molecule has 1 N–H and O–H groups in total. The Morgan fingerprint density at radius 2 is 2.04 bits per heavy atom. The average Bonchev–Trinajstić information content (AvgIpc) is 2.94. The van der Waals surface area contributed by atoms with Crippen molar-refractivity contribution in [1.29, 1.82) is 0 Å². The number of benzene rings is 2. The van der Waals surface area contributed by atoms with E-state index in [1.54, 1.807) is 43.6 Å². The van der Waals surface area contributed by atoms with Crippen LogP contribution in [0.5, 0.6) is 5.75 Å². The maximum atomic E-state index is 12.8. The van der Waals surface area contributed by atoms with Gasteiger partial charge in [-0.3, -0.25) is 9.59 Å². The van der Waals surface area contributed by atoms with E-state index in [1.807, 2.05) is 16.7 Å². The number of carbonyl (C=O) groups excluding carboxylic acids is 1. The molecule has 2 heterocycles. The van der Waals surface area contributed by atoms with E-state index in [2.05, 4.69) is 12.2 Å². The fraction of sp³-hybridized carbons (Fsp3) is 0.200. The molecule has 1 aromatic heterocycles. The summed E-state index contributed by atoms with van der Waals surface area (Å²) in [5, 5.41) is 3.39. The van der Waals surface area contributed by atoms with E-state index in [-0.39, 0.29) is 17.0 Å². The van der Waals surface area contributed by atoms with Gasteiger partial charge in [-0.2, -0.15) is 0 Å². The minimum Gasteiger partial charge on any atom is -0.497 e. The van der Waals surface area contributed by atoms with Gasteiger partial charge in [0, 0.05) is 29.4 Å². The third-order valence-electron chi connectivity index (χ3n) is 4.70. The second-order valence-electron chi connectivity index (χ2n) is 6.33. The molecule has 0 radical (unpaired) electrons. The van der Waals surface area contributed by atoms with Crippen molar-refractivity contribution in [2.75, 3.05) is 12.4 Å². The molecule has 1 aliphatic heterocycles. The third-order valence-corrected chi connectivity index (χ3v) is 4.70. The largest absolute Gasteiger partial charge is 0.497 e. The first-order valence-corrected chi connectivity index (χ1v) is 8.20. The van der Waals surface area contributed by atoms with E-state index in [0.29, 0.717) is 16.8 Å². The number of methoxy groups -OCH3 is 1. The van der Waals surface area contributed by atoms with Crippen molar-refractivity contribution in [3.05, 3.63) is 70.0 Å². The van der Waals surface area contributed by atoms with Gasteiger partial charge in [-0.25, -0.2) is 0 Å². The molecule has 4 rings (SSSR count).